The molecule has 2 atom stereocenters. The third kappa shape index (κ3) is 5.91. The molecule has 0 bridgehead atoms. The first-order valence-corrected chi connectivity index (χ1v) is 10.3. The zero-order valence-electron chi connectivity index (χ0n) is 17.2. The molecule has 30 heavy (non-hydrogen) atoms. The predicted molar refractivity (Wildman–Crippen MR) is 118 cm³/mol. The molecule has 1 saturated heterocycles. The molecule has 0 radical (unpaired) electrons. The van der Waals surface area contributed by atoms with Crippen molar-refractivity contribution in [3.05, 3.63) is 90.8 Å². The van der Waals surface area contributed by atoms with Gasteiger partial charge in [-0.05, 0) is 29.7 Å². The molecular formula is C25H28N2O3. The number of benzene rings is 2. The van der Waals surface area contributed by atoms with Gasteiger partial charge in [-0.1, -0.05) is 66.7 Å². The van der Waals surface area contributed by atoms with E-state index in [9.17, 15) is 4.79 Å². The summed E-state index contributed by atoms with van der Waals surface area (Å²) >= 11 is 0. The number of amides is 1. The molecule has 2 heterocycles. The van der Waals surface area contributed by atoms with Crippen LogP contribution in [0.15, 0.2) is 85.2 Å². The lowest BCUT2D eigenvalue weighted by molar-refractivity contribution is 0.00401. The largest absolute Gasteiger partial charge is 0.446 e. The SMILES string of the molecule is CC(c1ccc(-c2cccnc2)cc1)N1CCC(CCO)OC1=O.c1ccccc1. The quantitative estimate of drug-likeness (QED) is 0.643. The summed E-state index contributed by atoms with van der Waals surface area (Å²) < 4.78 is 5.39. The summed E-state index contributed by atoms with van der Waals surface area (Å²) in [4.78, 5) is 18.1. The second-order valence-electron chi connectivity index (χ2n) is 7.19. The minimum Gasteiger partial charge on any atom is -0.446 e. The first kappa shape index (κ1) is 21.5. The van der Waals surface area contributed by atoms with Gasteiger partial charge in [0.25, 0.3) is 0 Å². The molecule has 0 spiro atoms. The van der Waals surface area contributed by atoms with Crippen molar-refractivity contribution in [2.75, 3.05) is 13.2 Å². The molecule has 1 aliphatic rings. The van der Waals surface area contributed by atoms with Gasteiger partial charge in [-0.2, -0.15) is 0 Å². The maximum absolute atomic E-state index is 12.2. The molecule has 156 valence electrons. The van der Waals surface area contributed by atoms with Crippen molar-refractivity contribution in [3.8, 4) is 11.1 Å². The molecule has 1 aliphatic heterocycles. The first-order chi connectivity index (χ1) is 14.7. The average molecular weight is 405 g/mol. The van der Waals surface area contributed by atoms with Gasteiger partial charge in [-0.15, -0.1) is 0 Å². The first-order valence-electron chi connectivity index (χ1n) is 10.3. The molecule has 5 heteroatoms. The number of hydrogen-bond acceptors (Lipinski definition) is 4. The lowest BCUT2D eigenvalue weighted by atomic mass is 10.0. The molecule has 0 saturated carbocycles. The minimum atomic E-state index is -0.302. The van der Waals surface area contributed by atoms with Gasteiger partial charge < -0.3 is 14.7 Å². The number of pyridine rings is 1. The summed E-state index contributed by atoms with van der Waals surface area (Å²) in [7, 11) is 0. The highest BCUT2D eigenvalue weighted by Gasteiger charge is 2.30. The van der Waals surface area contributed by atoms with Crippen LogP contribution in [0, 0.1) is 0 Å². The van der Waals surface area contributed by atoms with E-state index in [1.807, 2.05) is 85.9 Å². The van der Waals surface area contributed by atoms with Crippen LogP contribution < -0.4 is 0 Å². The van der Waals surface area contributed by atoms with Crippen LogP contribution in [0.4, 0.5) is 4.79 Å². The highest BCUT2D eigenvalue weighted by atomic mass is 16.6. The van der Waals surface area contributed by atoms with E-state index in [0.29, 0.717) is 13.0 Å². The number of carbonyl (C=O) groups excluding carboxylic acids is 1. The van der Waals surface area contributed by atoms with Crippen molar-refractivity contribution in [3.63, 3.8) is 0 Å². The van der Waals surface area contributed by atoms with E-state index in [0.717, 1.165) is 23.1 Å². The highest BCUT2D eigenvalue weighted by molar-refractivity contribution is 5.69. The van der Waals surface area contributed by atoms with Crippen molar-refractivity contribution in [2.45, 2.75) is 31.9 Å². The number of nitrogens with zero attached hydrogens (tertiary/aromatic N) is 2. The zero-order chi connectivity index (χ0) is 21.2. The number of ether oxygens (including phenoxy) is 1. The molecule has 4 rings (SSSR count). The Kier molecular flexibility index (Phi) is 7.98. The average Bonchev–Trinajstić information content (AvgIpc) is 2.81. The van der Waals surface area contributed by atoms with E-state index < -0.39 is 0 Å². The Bertz CT molecular complexity index is 859. The molecule has 0 aliphatic carbocycles. The van der Waals surface area contributed by atoms with Crippen molar-refractivity contribution in [2.24, 2.45) is 0 Å². The fourth-order valence-electron chi connectivity index (χ4n) is 3.40. The van der Waals surface area contributed by atoms with E-state index in [1.165, 1.54) is 0 Å². The monoisotopic (exact) mass is 404 g/mol. The normalized spacial score (nSPS) is 16.8. The molecule has 1 amide bonds. The Hall–Kier alpha value is -3.18. The van der Waals surface area contributed by atoms with Gasteiger partial charge in [-0.25, -0.2) is 4.79 Å². The van der Waals surface area contributed by atoms with Crippen LogP contribution >= 0.6 is 0 Å². The van der Waals surface area contributed by atoms with Crippen molar-refractivity contribution in [1.82, 2.24) is 9.88 Å². The second kappa shape index (κ2) is 11.1. The topological polar surface area (TPSA) is 62.7 Å². The summed E-state index contributed by atoms with van der Waals surface area (Å²) in [5.41, 5.74) is 3.24. The Morgan fingerprint density at radius 2 is 1.70 bits per heavy atom. The number of aliphatic hydroxyl groups excluding tert-OH is 1. The lowest BCUT2D eigenvalue weighted by Crippen LogP contribution is -2.43. The maximum Gasteiger partial charge on any atom is 0.410 e. The summed E-state index contributed by atoms with van der Waals surface area (Å²) in [6.07, 6.45) is 4.38. The number of aromatic nitrogens is 1. The second-order valence-corrected chi connectivity index (χ2v) is 7.19. The van der Waals surface area contributed by atoms with E-state index >= 15 is 0 Å². The standard InChI is InChI=1S/C19H22N2O3.C6H6/c1-14(21-11-8-18(9-12-22)24-19(21)23)15-4-6-16(7-5-15)17-3-2-10-20-13-17;1-2-4-6-5-3-1/h2-7,10,13-14,18,22H,8-9,11-12H2,1H3;1-6H. The third-order valence-electron chi connectivity index (χ3n) is 5.17. The molecule has 2 aromatic carbocycles. The Morgan fingerprint density at radius 1 is 1.03 bits per heavy atom. The van der Waals surface area contributed by atoms with Gasteiger partial charge in [0.15, 0.2) is 0 Å². The molecule has 5 nitrogen and oxygen atoms in total. The van der Waals surface area contributed by atoms with Gasteiger partial charge in [0, 0.05) is 38.4 Å². The molecule has 1 fully saturated rings. The van der Waals surface area contributed by atoms with Crippen LogP contribution in [0.25, 0.3) is 11.1 Å². The van der Waals surface area contributed by atoms with Gasteiger partial charge >= 0.3 is 6.09 Å². The Labute approximate surface area is 178 Å². The number of cyclic esters (lactones) is 1. The van der Waals surface area contributed by atoms with Gasteiger partial charge in [0.2, 0.25) is 0 Å². The number of hydrogen-bond donors (Lipinski definition) is 1. The van der Waals surface area contributed by atoms with Crippen LogP contribution in [0.5, 0.6) is 0 Å². The van der Waals surface area contributed by atoms with Crippen LogP contribution in [0.1, 0.15) is 31.4 Å². The van der Waals surface area contributed by atoms with Crippen LogP contribution in [-0.2, 0) is 4.74 Å². The van der Waals surface area contributed by atoms with Crippen LogP contribution in [0.2, 0.25) is 0 Å². The zero-order valence-corrected chi connectivity index (χ0v) is 17.2. The molecule has 3 aromatic rings. The van der Waals surface area contributed by atoms with Gasteiger partial charge in [-0.3, -0.25) is 4.98 Å². The molecule has 2 unspecified atom stereocenters. The highest BCUT2D eigenvalue weighted by Crippen LogP contribution is 2.28. The fourth-order valence-corrected chi connectivity index (χ4v) is 3.40. The van der Waals surface area contributed by atoms with E-state index in [2.05, 4.69) is 4.98 Å². The van der Waals surface area contributed by atoms with Crippen molar-refractivity contribution >= 4 is 6.09 Å². The molecule has 1 N–H and O–H groups in total. The smallest absolute Gasteiger partial charge is 0.410 e. The minimum absolute atomic E-state index is 0.0449. The van der Waals surface area contributed by atoms with Crippen molar-refractivity contribution in [1.29, 1.82) is 0 Å². The number of rotatable bonds is 5. The van der Waals surface area contributed by atoms with Crippen LogP contribution in [0.3, 0.4) is 0 Å². The maximum atomic E-state index is 12.2. The summed E-state index contributed by atoms with van der Waals surface area (Å²) in [6.45, 7) is 2.70. The van der Waals surface area contributed by atoms with Crippen molar-refractivity contribution < 1.29 is 14.6 Å². The third-order valence-corrected chi connectivity index (χ3v) is 5.17. The lowest BCUT2D eigenvalue weighted by Gasteiger charge is -2.35. The van der Waals surface area contributed by atoms with E-state index in [1.54, 1.807) is 11.1 Å². The molecule has 1 aromatic heterocycles. The molecular weight excluding hydrogens is 376 g/mol. The number of carbonyl (C=O) groups is 1. The van der Waals surface area contributed by atoms with Gasteiger partial charge in [0.05, 0.1) is 6.04 Å². The van der Waals surface area contributed by atoms with E-state index in [4.69, 9.17) is 9.84 Å². The summed E-state index contributed by atoms with van der Waals surface area (Å²) in [6, 6.07) is 24.1. The number of aliphatic hydroxyl groups is 1. The Balaban J connectivity index is 0.000000367. The van der Waals surface area contributed by atoms with Gasteiger partial charge in [0.1, 0.15) is 6.10 Å². The van der Waals surface area contributed by atoms with E-state index in [-0.39, 0.29) is 24.8 Å². The summed E-state index contributed by atoms with van der Waals surface area (Å²) in [5, 5.41) is 8.97. The predicted octanol–water partition coefficient (Wildman–Crippen LogP) is 5.09. The van der Waals surface area contributed by atoms with Crippen LogP contribution in [-0.4, -0.2) is 40.3 Å². The fraction of sp³-hybridized carbons (Fsp3) is 0.280. The Morgan fingerprint density at radius 3 is 2.23 bits per heavy atom. The summed E-state index contributed by atoms with van der Waals surface area (Å²) in [5.74, 6) is 0.